The van der Waals surface area contributed by atoms with Gasteiger partial charge < -0.3 is 4.90 Å². The fraction of sp³-hybridized carbons (Fsp3) is 0.375. The first-order valence-corrected chi connectivity index (χ1v) is 7.52. The van der Waals surface area contributed by atoms with Gasteiger partial charge in [0.15, 0.2) is 0 Å². The van der Waals surface area contributed by atoms with Crippen LogP contribution in [0.1, 0.15) is 53.5 Å². The lowest BCUT2D eigenvalue weighted by molar-refractivity contribution is 0.0736. The molecule has 1 aliphatic rings. The Morgan fingerprint density at radius 1 is 1.38 bits per heavy atom. The predicted octanol–water partition coefficient (Wildman–Crippen LogP) is 3.77. The average Bonchev–Trinajstić information content (AvgIpc) is 3.23. The molecule has 1 aromatic carbocycles. The Balaban J connectivity index is 1.74. The van der Waals surface area contributed by atoms with Crippen LogP contribution in [0.5, 0.6) is 0 Å². The summed E-state index contributed by atoms with van der Waals surface area (Å²) >= 11 is 5.90. The fourth-order valence-electron chi connectivity index (χ4n) is 2.37. The van der Waals surface area contributed by atoms with E-state index in [2.05, 4.69) is 10.2 Å². The Kier molecular flexibility index (Phi) is 3.72. The van der Waals surface area contributed by atoms with Crippen molar-refractivity contribution in [3.63, 3.8) is 0 Å². The Labute approximate surface area is 129 Å². The minimum atomic E-state index is -0.0689. The topological polar surface area (TPSA) is 49.0 Å². The second-order valence-electron chi connectivity index (χ2n) is 5.63. The van der Waals surface area contributed by atoms with Gasteiger partial charge in [0.05, 0.1) is 6.04 Å². The van der Waals surface area contributed by atoms with E-state index in [1.54, 1.807) is 11.9 Å². The molecule has 21 heavy (non-hydrogen) atoms. The SMILES string of the molecule is CC(c1ccc(Cl)cc1)N(C)C(=O)c1cc(C2CC2)[nH]n1. The zero-order valence-corrected chi connectivity index (χ0v) is 12.9. The summed E-state index contributed by atoms with van der Waals surface area (Å²) in [6.45, 7) is 2.00. The molecule has 0 radical (unpaired) electrons. The molecule has 1 heterocycles. The summed E-state index contributed by atoms with van der Waals surface area (Å²) in [6.07, 6.45) is 2.37. The van der Waals surface area contributed by atoms with Crippen molar-refractivity contribution in [1.82, 2.24) is 15.1 Å². The molecule has 1 amide bonds. The van der Waals surface area contributed by atoms with Crippen LogP contribution in [0.25, 0.3) is 0 Å². The van der Waals surface area contributed by atoms with Crippen LogP contribution in [0, 0.1) is 0 Å². The Bertz CT molecular complexity index is 646. The van der Waals surface area contributed by atoms with Gasteiger partial charge in [0.1, 0.15) is 5.69 Å². The second kappa shape index (κ2) is 5.53. The Hall–Kier alpha value is -1.81. The number of benzene rings is 1. The molecule has 1 atom stereocenters. The maximum atomic E-state index is 12.5. The van der Waals surface area contributed by atoms with Gasteiger partial charge in [-0.2, -0.15) is 5.10 Å². The highest BCUT2D eigenvalue weighted by atomic mass is 35.5. The number of H-pyrrole nitrogens is 1. The standard InChI is InChI=1S/C16H18ClN3O/c1-10(11-5-7-13(17)8-6-11)20(2)16(21)15-9-14(18-19-15)12-3-4-12/h5-10,12H,3-4H2,1-2H3,(H,18,19). The number of aromatic nitrogens is 2. The molecule has 1 aliphatic carbocycles. The van der Waals surface area contributed by atoms with Gasteiger partial charge in [0.2, 0.25) is 0 Å². The molecule has 1 saturated carbocycles. The van der Waals surface area contributed by atoms with Crippen LogP contribution in [-0.4, -0.2) is 28.1 Å². The molecule has 0 aliphatic heterocycles. The van der Waals surface area contributed by atoms with Gasteiger partial charge in [0, 0.05) is 23.7 Å². The van der Waals surface area contributed by atoms with E-state index in [0.717, 1.165) is 11.3 Å². The summed E-state index contributed by atoms with van der Waals surface area (Å²) in [4.78, 5) is 14.2. The van der Waals surface area contributed by atoms with Gasteiger partial charge in [0.25, 0.3) is 5.91 Å². The van der Waals surface area contributed by atoms with E-state index < -0.39 is 0 Å². The molecule has 1 fully saturated rings. The number of carbonyl (C=O) groups excluding carboxylic acids is 1. The molecular weight excluding hydrogens is 286 g/mol. The molecule has 2 aromatic rings. The van der Waals surface area contributed by atoms with Crippen LogP contribution < -0.4 is 0 Å². The zero-order valence-electron chi connectivity index (χ0n) is 12.1. The third-order valence-electron chi connectivity index (χ3n) is 4.09. The summed E-state index contributed by atoms with van der Waals surface area (Å²) < 4.78 is 0. The van der Waals surface area contributed by atoms with Crippen molar-refractivity contribution in [1.29, 1.82) is 0 Å². The molecule has 0 spiro atoms. The van der Waals surface area contributed by atoms with E-state index in [1.807, 2.05) is 37.3 Å². The molecular formula is C16H18ClN3O. The lowest BCUT2D eigenvalue weighted by atomic mass is 10.1. The highest BCUT2D eigenvalue weighted by Crippen LogP contribution is 2.39. The Morgan fingerprint density at radius 2 is 2.05 bits per heavy atom. The third-order valence-corrected chi connectivity index (χ3v) is 4.34. The second-order valence-corrected chi connectivity index (χ2v) is 6.06. The normalized spacial score (nSPS) is 15.8. The number of carbonyl (C=O) groups is 1. The minimum Gasteiger partial charge on any atom is -0.334 e. The zero-order chi connectivity index (χ0) is 15.0. The van der Waals surface area contributed by atoms with Crippen molar-refractivity contribution in [2.45, 2.75) is 31.7 Å². The highest BCUT2D eigenvalue weighted by Gasteiger charge is 2.28. The van der Waals surface area contributed by atoms with Gasteiger partial charge in [-0.3, -0.25) is 9.89 Å². The van der Waals surface area contributed by atoms with Crippen molar-refractivity contribution < 1.29 is 4.79 Å². The van der Waals surface area contributed by atoms with E-state index in [0.29, 0.717) is 16.6 Å². The van der Waals surface area contributed by atoms with E-state index in [1.165, 1.54) is 12.8 Å². The van der Waals surface area contributed by atoms with Gasteiger partial charge in [-0.05, 0) is 43.5 Å². The summed E-state index contributed by atoms with van der Waals surface area (Å²) in [6, 6.07) is 9.41. The Morgan fingerprint density at radius 3 is 2.67 bits per heavy atom. The predicted molar refractivity (Wildman–Crippen MR) is 82.5 cm³/mol. The lowest BCUT2D eigenvalue weighted by Gasteiger charge is -2.24. The number of hydrogen-bond donors (Lipinski definition) is 1. The maximum absolute atomic E-state index is 12.5. The summed E-state index contributed by atoms with van der Waals surface area (Å²) in [5.41, 5.74) is 2.61. The number of aromatic amines is 1. The first-order chi connectivity index (χ1) is 10.1. The molecule has 1 N–H and O–H groups in total. The number of amides is 1. The van der Waals surface area contributed by atoms with Crippen molar-refractivity contribution in [2.75, 3.05) is 7.05 Å². The summed E-state index contributed by atoms with van der Waals surface area (Å²) in [5.74, 6) is 0.499. The highest BCUT2D eigenvalue weighted by molar-refractivity contribution is 6.30. The monoisotopic (exact) mass is 303 g/mol. The van der Waals surface area contributed by atoms with E-state index >= 15 is 0 Å². The first kappa shape index (κ1) is 14.1. The van der Waals surface area contributed by atoms with Gasteiger partial charge >= 0.3 is 0 Å². The molecule has 4 nitrogen and oxygen atoms in total. The van der Waals surface area contributed by atoms with E-state index in [-0.39, 0.29) is 11.9 Å². The van der Waals surface area contributed by atoms with Crippen LogP contribution in [0.15, 0.2) is 30.3 Å². The van der Waals surface area contributed by atoms with E-state index in [4.69, 9.17) is 11.6 Å². The first-order valence-electron chi connectivity index (χ1n) is 7.14. The van der Waals surface area contributed by atoms with Gasteiger partial charge in [-0.15, -0.1) is 0 Å². The van der Waals surface area contributed by atoms with E-state index in [9.17, 15) is 4.79 Å². The van der Waals surface area contributed by atoms with Crippen molar-refractivity contribution >= 4 is 17.5 Å². The van der Waals surface area contributed by atoms with Crippen LogP contribution in [-0.2, 0) is 0 Å². The summed E-state index contributed by atoms with van der Waals surface area (Å²) in [7, 11) is 1.80. The number of rotatable bonds is 4. The van der Waals surface area contributed by atoms with Crippen molar-refractivity contribution in [2.24, 2.45) is 0 Å². The van der Waals surface area contributed by atoms with Gasteiger partial charge in [-0.1, -0.05) is 23.7 Å². The minimum absolute atomic E-state index is 0.0316. The molecule has 5 heteroatoms. The van der Waals surface area contributed by atoms with Crippen LogP contribution in [0.4, 0.5) is 0 Å². The number of nitrogens with one attached hydrogen (secondary N) is 1. The molecule has 110 valence electrons. The molecule has 0 saturated heterocycles. The molecule has 0 bridgehead atoms. The largest absolute Gasteiger partial charge is 0.334 e. The third kappa shape index (κ3) is 2.95. The lowest BCUT2D eigenvalue weighted by Crippen LogP contribution is -2.29. The summed E-state index contributed by atoms with van der Waals surface area (Å²) in [5, 5.41) is 7.82. The molecule has 1 unspecified atom stereocenters. The number of halogens is 1. The van der Waals surface area contributed by atoms with Crippen LogP contribution in [0.2, 0.25) is 5.02 Å². The smallest absolute Gasteiger partial charge is 0.274 e. The molecule has 1 aromatic heterocycles. The number of nitrogens with zero attached hydrogens (tertiary/aromatic N) is 2. The van der Waals surface area contributed by atoms with Crippen LogP contribution in [0.3, 0.4) is 0 Å². The number of hydrogen-bond acceptors (Lipinski definition) is 2. The van der Waals surface area contributed by atoms with Crippen LogP contribution >= 0.6 is 11.6 Å². The van der Waals surface area contributed by atoms with Crippen molar-refractivity contribution in [3.05, 3.63) is 52.3 Å². The quantitative estimate of drug-likeness (QED) is 0.934. The molecule has 3 rings (SSSR count). The maximum Gasteiger partial charge on any atom is 0.274 e. The van der Waals surface area contributed by atoms with Crippen molar-refractivity contribution in [3.8, 4) is 0 Å². The van der Waals surface area contributed by atoms with Gasteiger partial charge in [-0.25, -0.2) is 0 Å². The average molecular weight is 304 g/mol. The fourth-order valence-corrected chi connectivity index (χ4v) is 2.50.